The molecule has 0 spiro atoms. The molecule has 1 aromatic heterocycles. The molecular formula is C8H9NO3. The van der Waals surface area contributed by atoms with E-state index in [1.54, 1.807) is 0 Å². The third kappa shape index (κ3) is 1.72. The maximum absolute atomic E-state index is 11.0. The molecule has 0 aromatic carbocycles. The van der Waals surface area contributed by atoms with Crippen LogP contribution in [0.5, 0.6) is 5.75 Å². The molecule has 0 aliphatic heterocycles. The lowest BCUT2D eigenvalue weighted by Crippen LogP contribution is -2.03. The fourth-order valence-electron chi connectivity index (χ4n) is 0.666. The van der Waals surface area contributed by atoms with E-state index in [9.17, 15) is 4.79 Å². The van der Waals surface area contributed by atoms with Crippen LogP contribution in [0.1, 0.15) is 14.6 Å². The summed E-state index contributed by atoms with van der Waals surface area (Å²) in [6.45, 7) is 0. The van der Waals surface area contributed by atoms with Crippen LogP contribution in [-0.2, 0) is 4.74 Å². The van der Waals surface area contributed by atoms with Gasteiger partial charge in [0.2, 0.25) is 0 Å². The van der Waals surface area contributed by atoms with Gasteiger partial charge in [0.05, 0.1) is 24.5 Å². The molecule has 0 saturated heterocycles. The predicted octanol–water partition coefficient (Wildman–Crippen LogP) is 0.877. The second kappa shape index (κ2) is 3.71. The molecule has 0 saturated carbocycles. The van der Waals surface area contributed by atoms with Gasteiger partial charge in [0, 0.05) is 0 Å². The zero-order chi connectivity index (χ0) is 11.5. The number of carbonyl (C=O) groups is 1. The second-order valence-electron chi connectivity index (χ2n) is 1.97. The van der Waals surface area contributed by atoms with Crippen LogP contribution in [0.2, 0.25) is 0 Å². The quantitative estimate of drug-likeness (QED) is 0.618. The number of methoxy groups -OCH3 is 2. The molecule has 12 heavy (non-hydrogen) atoms. The molecule has 0 radical (unpaired) electrons. The fourth-order valence-corrected chi connectivity index (χ4v) is 0.666. The summed E-state index contributed by atoms with van der Waals surface area (Å²) in [7, 11) is -1.29. The number of rotatable bonds is 2. The number of aromatic nitrogens is 1. The van der Waals surface area contributed by atoms with Crippen molar-refractivity contribution in [1.82, 2.24) is 4.98 Å². The lowest BCUT2D eigenvalue weighted by Gasteiger charge is -1.99. The highest BCUT2D eigenvalue weighted by Gasteiger charge is 2.05. The number of hydrogen-bond donors (Lipinski definition) is 0. The summed E-state index contributed by atoms with van der Waals surface area (Å²) in [6.07, 6.45) is 1.15. The molecule has 4 nitrogen and oxygen atoms in total. The first-order valence-corrected chi connectivity index (χ1v) is 3.16. The molecule has 0 amide bonds. The van der Waals surface area contributed by atoms with Crippen molar-refractivity contribution in [3.63, 3.8) is 0 Å². The van der Waals surface area contributed by atoms with Gasteiger partial charge in [-0.15, -0.1) is 0 Å². The van der Waals surface area contributed by atoms with Crippen LogP contribution >= 0.6 is 0 Å². The Hall–Kier alpha value is -1.58. The lowest BCUT2D eigenvalue weighted by atomic mass is 10.3. The van der Waals surface area contributed by atoms with Gasteiger partial charge in [-0.2, -0.15) is 0 Å². The SMILES string of the molecule is [2H]C([2H])([2H])Oc1ccc(C(=O)OC)nc1. The summed E-state index contributed by atoms with van der Waals surface area (Å²) < 4.78 is 29.5. The monoisotopic (exact) mass is 170 g/mol. The zero-order valence-corrected chi connectivity index (χ0v) is 6.40. The van der Waals surface area contributed by atoms with E-state index >= 15 is 0 Å². The molecule has 64 valence electrons. The van der Waals surface area contributed by atoms with Crippen LogP contribution < -0.4 is 4.74 Å². The molecule has 1 aromatic rings. The van der Waals surface area contributed by atoms with Gasteiger partial charge in [-0.05, 0) is 12.1 Å². The van der Waals surface area contributed by atoms with Crippen molar-refractivity contribution in [2.75, 3.05) is 14.1 Å². The van der Waals surface area contributed by atoms with Crippen LogP contribution in [0.15, 0.2) is 18.3 Å². The summed E-state index contributed by atoms with van der Waals surface area (Å²) in [5.41, 5.74) is 0.0930. The number of nitrogens with zero attached hydrogens (tertiary/aromatic N) is 1. The van der Waals surface area contributed by atoms with Crippen molar-refractivity contribution in [2.45, 2.75) is 0 Å². The standard InChI is InChI=1S/C8H9NO3/c1-11-6-3-4-7(9-5-6)8(10)12-2/h3-5H,1-2H3/i1D3. The highest BCUT2D eigenvalue weighted by Crippen LogP contribution is 2.07. The third-order valence-electron chi connectivity index (χ3n) is 1.25. The van der Waals surface area contributed by atoms with Gasteiger partial charge in [-0.1, -0.05) is 0 Å². The van der Waals surface area contributed by atoms with Crippen molar-refractivity contribution >= 4 is 5.97 Å². The number of hydrogen-bond acceptors (Lipinski definition) is 4. The first-order chi connectivity index (χ1) is 6.92. The lowest BCUT2D eigenvalue weighted by molar-refractivity contribution is 0.0594. The maximum Gasteiger partial charge on any atom is 0.356 e. The van der Waals surface area contributed by atoms with Crippen LogP contribution in [0.3, 0.4) is 0 Å². The third-order valence-corrected chi connectivity index (χ3v) is 1.25. The molecular weight excluding hydrogens is 158 g/mol. The van der Waals surface area contributed by atoms with Crippen molar-refractivity contribution in [3.05, 3.63) is 24.0 Å². The summed E-state index contributed by atoms with van der Waals surface area (Å²) in [5, 5.41) is 0. The van der Waals surface area contributed by atoms with E-state index in [1.165, 1.54) is 19.2 Å². The first-order valence-electron chi connectivity index (χ1n) is 4.66. The molecule has 0 aliphatic carbocycles. The Bertz CT molecular complexity index is 347. The number of pyridine rings is 1. The van der Waals surface area contributed by atoms with E-state index in [1.807, 2.05) is 0 Å². The molecule has 4 heteroatoms. The van der Waals surface area contributed by atoms with Crippen LogP contribution in [-0.4, -0.2) is 25.1 Å². The minimum atomic E-state index is -2.52. The average Bonchev–Trinajstić information content (AvgIpc) is 2.15. The Morgan fingerprint density at radius 2 is 2.50 bits per heavy atom. The Morgan fingerprint density at radius 1 is 1.67 bits per heavy atom. The average molecular weight is 170 g/mol. The first kappa shape index (κ1) is 5.13. The smallest absolute Gasteiger partial charge is 0.356 e. The van der Waals surface area contributed by atoms with Gasteiger partial charge in [-0.25, -0.2) is 9.78 Å². The Kier molecular flexibility index (Phi) is 1.59. The largest absolute Gasteiger partial charge is 0.495 e. The highest BCUT2D eigenvalue weighted by atomic mass is 16.5. The van der Waals surface area contributed by atoms with Gasteiger partial charge in [-0.3, -0.25) is 0 Å². The van der Waals surface area contributed by atoms with Crippen LogP contribution in [0.25, 0.3) is 0 Å². The van der Waals surface area contributed by atoms with Crippen molar-refractivity contribution in [1.29, 1.82) is 0 Å². The van der Waals surface area contributed by atoms with Crippen molar-refractivity contribution in [3.8, 4) is 5.75 Å². The Labute approximate surface area is 74.3 Å². The molecule has 1 heterocycles. The van der Waals surface area contributed by atoms with E-state index in [0.29, 0.717) is 0 Å². The molecule has 0 unspecified atom stereocenters. The van der Waals surface area contributed by atoms with Gasteiger partial charge in [0.25, 0.3) is 0 Å². The Balaban J connectivity index is 2.77. The predicted molar refractivity (Wildman–Crippen MR) is 42.1 cm³/mol. The number of esters is 1. The summed E-state index contributed by atoms with van der Waals surface area (Å²) >= 11 is 0. The van der Waals surface area contributed by atoms with E-state index in [0.717, 1.165) is 6.20 Å². The molecule has 0 bridgehead atoms. The Morgan fingerprint density at radius 3 is 3.00 bits per heavy atom. The van der Waals surface area contributed by atoms with E-state index in [-0.39, 0.29) is 11.4 Å². The summed E-state index contributed by atoms with van der Waals surface area (Å²) in [4.78, 5) is 14.7. The minimum absolute atomic E-state index is 0.0719. The number of ether oxygens (including phenoxy) is 2. The fraction of sp³-hybridized carbons (Fsp3) is 0.250. The normalized spacial score (nSPS) is 13.9. The number of carbonyl (C=O) groups excluding carboxylic acids is 1. The topological polar surface area (TPSA) is 48.4 Å². The van der Waals surface area contributed by atoms with Gasteiger partial charge >= 0.3 is 5.97 Å². The highest BCUT2D eigenvalue weighted by molar-refractivity contribution is 5.87. The molecule has 1 rings (SSSR count). The van der Waals surface area contributed by atoms with Gasteiger partial charge < -0.3 is 9.47 Å². The maximum atomic E-state index is 11.0. The van der Waals surface area contributed by atoms with Crippen LogP contribution in [0, 0.1) is 0 Å². The summed E-state index contributed by atoms with van der Waals surface area (Å²) in [5.74, 6) is -0.516. The minimum Gasteiger partial charge on any atom is -0.495 e. The van der Waals surface area contributed by atoms with Crippen molar-refractivity contribution < 1.29 is 18.4 Å². The van der Waals surface area contributed by atoms with Crippen molar-refractivity contribution in [2.24, 2.45) is 0 Å². The van der Waals surface area contributed by atoms with Gasteiger partial charge in [0.1, 0.15) is 11.4 Å². The van der Waals surface area contributed by atoms with E-state index in [2.05, 4.69) is 14.5 Å². The molecule has 0 N–H and O–H groups in total. The van der Waals surface area contributed by atoms with Gasteiger partial charge in [0.15, 0.2) is 0 Å². The molecule has 0 aliphatic rings. The second-order valence-corrected chi connectivity index (χ2v) is 1.97. The zero-order valence-electron chi connectivity index (χ0n) is 9.40. The molecule has 0 fully saturated rings. The molecule has 0 atom stereocenters. The van der Waals surface area contributed by atoms with Crippen LogP contribution in [0.4, 0.5) is 0 Å². The van der Waals surface area contributed by atoms with E-state index < -0.39 is 13.0 Å². The summed E-state index contributed by atoms with van der Waals surface area (Å²) in [6, 6.07) is 2.67. The van der Waals surface area contributed by atoms with E-state index in [4.69, 9.17) is 4.11 Å².